The van der Waals surface area contributed by atoms with E-state index in [1.165, 1.54) is 11.1 Å². The van der Waals surface area contributed by atoms with Gasteiger partial charge < -0.3 is 9.84 Å². The first-order valence-electron chi connectivity index (χ1n) is 6.44. The third kappa shape index (κ3) is 4.49. The SMILES string of the molecule is CCc1ccccc1C[C@@H](C)[C@@H](C)O[C@H](C)O. The molecule has 0 saturated carbocycles. The zero-order chi connectivity index (χ0) is 12.8. The minimum absolute atomic E-state index is 0.0694. The minimum atomic E-state index is -0.686. The molecule has 1 rings (SSSR count). The smallest absolute Gasteiger partial charge is 0.152 e. The van der Waals surface area contributed by atoms with Crippen LogP contribution < -0.4 is 0 Å². The Labute approximate surface area is 105 Å². The molecular formula is C15H24O2. The molecule has 96 valence electrons. The van der Waals surface area contributed by atoms with E-state index in [-0.39, 0.29) is 6.10 Å². The van der Waals surface area contributed by atoms with Gasteiger partial charge in [-0.05, 0) is 43.7 Å². The van der Waals surface area contributed by atoms with E-state index in [1.54, 1.807) is 6.92 Å². The third-order valence-electron chi connectivity index (χ3n) is 3.25. The van der Waals surface area contributed by atoms with Crippen LogP contribution >= 0.6 is 0 Å². The fourth-order valence-electron chi connectivity index (χ4n) is 2.06. The molecule has 1 aromatic rings. The summed E-state index contributed by atoms with van der Waals surface area (Å²) >= 11 is 0. The summed E-state index contributed by atoms with van der Waals surface area (Å²) in [4.78, 5) is 0. The maximum atomic E-state index is 9.22. The third-order valence-corrected chi connectivity index (χ3v) is 3.25. The van der Waals surface area contributed by atoms with Crippen molar-refractivity contribution >= 4 is 0 Å². The summed E-state index contributed by atoms with van der Waals surface area (Å²) < 4.78 is 5.41. The van der Waals surface area contributed by atoms with Crippen LogP contribution in [0, 0.1) is 5.92 Å². The molecule has 0 fully saturated rings. The van der Waals surface area contributed by atoms with E-state index in [4.69, 9.17) is 4.74 Å². The lowest BCUT2D eigenvalue weighted by Crippen LogP contribution is -2.24. The molecule has 0 unspecified atom stereocenters. The van der Waals surface area contributed by atoms with Gasteiger partial charge in [-0.1, -0.05) is 38.1 Å². The van der Waals surface area contributed by atoms with E-state index in [2.05, 4.69) is 38.1 Å². The van der Waals surface area contributed by atoms with Crippen LogP contribution in [0.4, 0.5) is 0 Å². The second kappa shape index (κ2) is 6.77. The molecule has 17 heavy (non-hydrogen) atoms. The van der Waals surface area contributed by atoms with Crippen molar-refractivity contribution in [2.24, 2.45) is 5.92 Å². The summed E-state index contributed by atoms with van der Waals surface area (Å²) in [5.74, 6) is 0.400. The maximum absolute atomic E-state index is 9.22. The monoisotopic (exact) mass is 236 g/mol. The van der Waals surface area contributed by atoms with Gasteiger partial charge in [-0.2, -0.15) is 0 Å². The van der Waals surface area contributed by atoms with Crippen LogP contribution in [-0.4, -0.2) is 17.5 Å². The highest BCUT2D eigenvalue weighted by Crippen LogP contribution is 2.18. The molecule has 3 atom stereocenters. The van der Waals surface area contributed by atoms with E-state index in [0.717, 1.165) is 12.8 Å². The van der Waals surface area contributed by atoms with Crippen molar-refractivity contribution in [3.63, 3.8) is 0 Å². The first-order valence-corrected chi connectivity index (χ1v) is 6.44. The lowest BCUT2D eigenvalue weighted by atomic mass is 9.93. The molecule has 0 bridgehead atoms. The van der Waals surface area contributed by atoms with Crippen LogP contribution in [-0.2, 0) is 17.6 Å². The highest BCUT2D eigenvalue weighted by Gasteiger charge is 2.16. The molecule has 0 aliphatic rings. The normalized spacial score (nSPS) is 16.5. The number of rotatable bonds is 6. The average Bonchev–Trinajstić information content (AvgIpc) is 2.28. The average molecular weight is 236 g/mol. The number of aryl methyl sites for hydroxylation is 1. The summed E-state index contributed by atoms with van der Waals surface area (Å²) in [5, 5.41) is 9.22. The number of benzene rings is 1. The minimum Gasteiger partial charge on any atom is -0.368 e. The van der Waals surface area contributed by atoms with Crippen molar-refractivity contribution in [1.82, 2.24) is 0 Å². The quantitative estimate of drug-likeness (QED) is 0.769. The van der Waals surface area contributed by atoms with Crippen molar-refractivity contribution < 1.29 is 9.84 Å². The standard InChI is InChI=1S/C15H24O2/c1-5-14-8-6-7-9-15(14)10-11(2)12(3)17-13(4)16/h6-9,11-13,16H,5,10H2,1-4H3/t11-,12-,13-/m1/s1. The van der Waals surface area contributed by atoms with Gasteiger partial charge in [0.15, 0.2) is 6.29 Å². The molecule has 1 N–H and O–H groups in total. The van der Waals surface area contributed by atoms with E-state index >= 15 is 0 Å². The van der Waals surface area contributed by atoms with Crippen LogP contribution in [0.1, 0.15) is 38.8 Å². The molecule has 1 aromatic carbocycles. The Morgan fingerprint density at radius 2 is 1.71 bits per heavy atom. The van der Waals surface area contributed by atoms with Gasteiger partial charge in [0.1, 0.15) is 0 Å². The van der Waals surface area contributed by atoms with Crippen LogP contribution in [0.2, 0.25) is 0 Å². The van der Waals surface area contributed by atoms with Gasteiger partial charge in [0.2, 0.25) is 0 Å². The van der Waals surface area contributed by atoms with Gasteiger partial charge in [-0.25, -0.2) is 0 Å². The molecule has 0 amide bonds. The number of aliphatic hydroxyl groups is 1. The Morgan fingerprint density at radius 3 is 2.24 bits per heavy atom. The summed E-state index contributed by atoms with van der Waals surface area (Å²) in [5.41, 5.74) is 2.80. The molecule has 0 aliphatic carbocycles. The number of ether oxygens (including phenoxy) is 1. The van der Waals surface area contributed by atoms with Gasteiger partial charge in [-0.3, -0.25) is 0 Å². The number of hydrogen-bond acceptors (Lipinski definition) is 2. The fourth-order valence-corrected chi connectivity index (χ4v) is 2.06. The van der Waals surface area contributed by atoms with E-state index in [9.17, 15) is 5.11 Å². The zero-order valence-electron chi connectivity index (χ0n) is 11.3. The molecule has 0 aromatic heterocycles. The van der Waals surface area contributed by atoms with Gasteiger partial charge in [0.05, 0.1) is 6.10 Å². The number of hydrogen-bond donors (Lipinski definition) is 1. The molecule has 0 aliphatic heterocycles. The zero-order valence-corrected chi connectivity index (χ0v) is 11.3. The molecule has 0 radical (unpaired) electrons. The van der Waals surface area contributed by atoms with Crippen LogP contribution in [0.3, 0.4) is 0 Å². The lowest BCUT2D eigenvalue weighted by molar-refractivity contribution is -0.131. The molecule has 0 saturated heterocycles. The van der Waals surface area contributed by atoms with Gasteiger partial charge in [-0.15, -0.1) is 0 Å². The highest BCUT2D eigenvalue weighted by atomic mass is 16.6. The molecule has 0 spiro atoms. The molecule has 2 heteroatoms. The van der Waals surface area contributed by atoms with Crippen LogP contribution in [0.15, 0.2) is 24.3 Å². The van der Waals surface area contributed by atoms with Crippen molar-refractivity contribution in [2.75, 3.05) is 0 Å². The molecule has 0 heterocycles. The predicted molar refractivity (Wildman–Crippen MR) is 70.9 cm³/mol. The van der Waals surface area contributed by atoms with Crippen LogP contribution in [0.5, 0.6) is 0 Å². The molecule has 2 nitrogen and oxygen atoms in total. The second-order valence-electron chi connectivity index (χ2n) is 4.74. The van der Waals surface area contributed by atoms with E-state index in [0.29, 0.717) is 5.92 Å². The lowest BCUT2D eigenvalue weighted by Gasteiger charge is -2.23. The maximum Gasteiger partial charge on any atom is 0.152 e. The topological polar surface area (TPSA) is 29.5 Å². The first-order chi connectivity index (χ1) is 8.04. The summed E-state index contributed by atoms with van der Waals surface area (Å²) in [6.07, 6.45) is 1.45. The van der Waals surface area contributed by atoms with E-state index < -0.39 is 6.29 Å². The summed E-state index contributed by atoms with van der Waals surface area (Å²) in [6.45, 7) is 8.02. The largest absolute Gasteiger partial charge is 0.368 e. The van der Waals surface area contributed by atoms with Gasteiger partial charge >= 0.3 is 0 Å². The molecular weight excluding hydrogens is 212 g/mol. The number of aliphatic hydroxyl groups excluding tert-OH is 1. The summed E-state index contributed by atoms with van der Waals surface area (Å²) in [7, 11) is 0. The Morgan fingerprint density at radius 1 is 1.12 bits per heavy atom. The van der Waals surface area contributed by atoms with Gasteiger partial charge in [0.25, 0.3) is 0 Å². The second-order valence-corrected chi connectivity index (χ2v) is 4.74. The van der Waals surface area contributed by atoms with Crippen molar-refractivity contribution in [1.29, 1.82) is 0 Å². The van der Waals surface area contributed by atoms with Crippen molar-refractivity contribution in [2.45, 2.75) is 52.9 Å². The first kappa shape index (κ1) is 14.2. The Bertz CT molecular complexity index is 333. The van der Waals surface area contributed by atoms with Crippen molar-refractivity contribution in [3.05, 3.63) is 35.4 Å². The summed E-state index contributed by atoms with van der Waals surface area (Å²) in [6, 6.07) is 8.54. The van der Waals surface area contributed by atoms with Crippen molar-refractivity contribution in [3.8, 4) is 0 Å². The predicted octanol–water partition coefficient (Wildman–Crippen LogP) is 3.17. The fraction of sp³-hybridized carbons (Fsp3) is 0.600. The van der Waals surface area contributed by atoms with Crippen LogP contribution in [0.25, 0.3) is 0 Å². The Kier molecular flexibility index (Phi) is 5.66. The highest BCUT2D eigenvalue weighted by molar-refractivity contribution is 5.27. The van der Waals surface area contributed by atoms with Gasteiger partial charge in [0, 0.05) is 0 Å². The van der Waals surface area contributed by atoms with E-state index in [1.807, 2.05) is 6.92 Å². The Hall–Kier alpha value is -0.860. The Balaban J connectivity index is 2.63.